The molecule has 124 valence electrons. The van der Waals surface area contributed by atoms with Crippen LogP contribution in [0, 0.1) is 6.92 Å². The Bertz CT molecular complexity index is 827. The van der Waals surface area contributed by atoms with Gasteiger partial charge in [0.05, 0.1) is 24.3 Å². The van der Waals surface area contributed by atoms with Crippen LogP contribution in [0.1, 0.15) is 36.8 Å². The molecule has 2 heterocycles. The van der Waals surface area contributed by atoms with E-state index < -0.39 is 11.8 Å². The number of fused-ring (bicyclic) bond motifs is 1. The number of carbonyl (C=O) groups excluding carboxylic acids is 3. The summed E-state index contributed by atoms with van der Waals surface area (Å²) in [6.45, 7) is 2.13. The molecule has 0 spiro atoms. The minimum Gasteiger partial charge on any atom is -0.383 e. The molecule has 2 aromatic rings. The van der Waals surface area contributed by atoms with E-state index in [0.717, 1.165) is 4.90 Å². The largest absolute Gasteiger partial charge is 0.383 e. The van der Waals surface area contributed by atoms with Gasteiger partial charge in [-0.3, -0.25) is 19.3 Å². The number of methoxy groups -OCH3 is 1. The molecule has 0 unspecified atom stereocenters. The Balaban J connectivity index is 1.82. The van der Waals surface area contributed by atoms with Gasteiger partial charge < -0.3 is 14.6 Å². The highest BCUT2D eigenvalue weighted by Crippen LogP contribution is 2.24. The van der Waals surface area contributed by atoms with Crippen molar-refractivity contribution in [2.24, 2.45) is 0 Å². The molecule has 1 aliphatic heterocycles. The molecule has 24 heavy (non-hydrogen) atoms. The molecule has 0 bridgehead atoms. The number of benzene rings is 1. The van der Waals surface area contributed by atoms with Crippen LogP contribution in [0.15, 0.2) is 28.8 Å². The van der Waals surface area contributed by atoms with Gasteiger partial charge in [0.15, 0.2) is 5.82 Å². The van der Waals surface area contributed by atoms with E-state index in [1.165, 1.54) is 25.3 Å². The number of aromatic nitrogens is 1. The zero-order chi connectivity index (χ0) is 17.3. The number of rotatable bonds is 5. The van der Waals surface area contributed by atoms with Crippen LogP contribution < -0.4 is 5.32 Å². The minimum absolute atomic E-state index is 0.169. The van der Waals surface area contributed by atoms with Crippen LogP contribution in [0.5, 0.6) is 0 Å². The summed E-state index contributed by atoms with van der Waals surface area (Å²) in [4.78, 5) is 37.9. The molecule has 0 aliphatic carbocycles. The van der Waals surface area contributed by atoms with Crippen LogP contribution in [-0.4, -0.2) is 48.0 Å². The molecule has 1 aromatic carbocycles. The molecule has 3 rings (SSSR count). The van der Waals surface area contributed by atoms with Crippen molar-refractivity contribution < 1.29 is 23.6 Å². The van der Waals surface area contributed by atoms with Gasteiger partial charge in [0.2, 0.25) is 0 Å². The van der Waals surface area contributed by atoms with E-state index in [1.54, 1.807) is 13.0 Å². The summed E-state index contributed by atoms with van der Waals surface area (Å²) in [7, 11) is 1.49. The highest BCUT2D eigenvalue weighted by Gasteiger charge is 2.35. The summed E-state index contributed by atoms with van der Waals surface area (Å²) in [5, 5.41) is 6.24. The van der Waals surface area contributed by atoms with Crippen LogP contribution in [0.25, 0.3) is 0 Å². The molecule has 0 fully saturated rings. The fourth-order valence-corrected chi connectivity index (χ4v) is 2.43. The van der Waals surface area contributed by atoms with Gasteiger partial charge in [-0.15, -0.1) is 0 Å². The summed E-state index contributed by atoms with van der Waals surface area (Å²) >= 11 is 0. The molecule has 8 heteroatoms. The second-order valence-corrected chi connectivity index (χ2v) is 5.29. The van der Waals surface area contributed by atoms with Gasteiger partial charge in [-0.05, 0) is 25.1 Å². The maximum absolute atomic E-state index is 12.3. The van der Waals surface area contributed by atoms with Crippen molar-refractivity contribution in [3.63, 3.8) is 0 Å². The lowest BCUT2D eigenvalue weighted by atomic mass is 10.1. The van der Waals surface area contributed by atoms with E-state index in [2.05, 4.69) is 10.5 Å². The molecular weight excluding hydrogens is 314 g/mol. The first-order chi connectivity index (χ1) is 11.5. The van der Waals surface area contributed by atoms with Gasteiger partial charge in [0.1, 0.15) is 5.76 Å². The van der Waals surface area contributed by atoms with Crippen molar-refractivity contribution in [2.75, 3.05) is 25.6 Å². The van der Waals surface area contributed by atoms with E-state index in [4.69, 9.17) is 9.26 Å². The zero-order valence-corrected chi connectivity index (χ0v) is 13.2. The Morgan fingerprint density at radius 2 is 2.00 bits per heavy atom. The molecule has 1 N–H and O–H groups in total. The van der Waals surface area contributed by atoms with Gasteiger partial charge in [0, 0.05) is 18.7 Å². The fourth-order valence-electron chi connectivity index (χ4n) is 2.43. The highest BCUT2D eigenvalue weighted by molar-refractivity contribution is 6.22. The lowest BCUT2D eigenvalue weighted by molar-refractivity contribution is 0.0603. The van der Waals surface area contributed by atoms with Gasteiger partial charge in [0.25, 0.3) is 17.7 Å². The minimum atomic E-state index is -0.443. The number of nitrogens with one attached hydrogen (secondary N) is 1. The highest BCUT2D eigenvalue weighted by atomic mass is 16.5. The normalized spacial score (nSPS) is 13.3. The Kier molecular flexibility index (Phi) is 4.13. The van der Waals surface area contributed by atoms with E-state index >= 15 is 0 Å². The van der Waals surface area contributed by atoms with E-state index in [-0.39, 0.29) is 41.6 Å². The average Bonchev–Trinajstić information content (AvgIpc) is 3.08. The van der Waals surface area contributed by atoms with Crippen molar-refractivity contribution in [3.05, 3.63) is 46.7 Å². The zero-order valence-electron chi connectivity index (χ0n) is 13.2. The third kappa shape index (κ3) is 2.79. The molecule has 0 radical (unpaired) electrons. The molecule has 0 atom stereocenters. The second-order valence-electron chi connectivity index (χ2n) is 5.29. The smallest absolute Gasteiger partial charge is 0.261 e. The Morgan fingerprint density at radius 1 is 1.25 bits per heavy atom. The van der Waals surface area contributed by atoms with Gasteiger partial charge in [-0.1, -0.05) is 5.16 Å². The third-order valence-corrected chi connectivity index (χ3v) is 3.62. The molecule has 1 aliphatic rings. The maximum Gasteiger partial charge on any atom is 0.261 e. The first-order valence-corrected chi connectivity index (χ1v) is 7.25. The molecule has 0 saturated heterocycles. The van der Waals surface area contributed by atoms with E-state index in [9.17, 15) is 14.4 Å². The van der Waals surface area contributed by atoms with Crippen LogP contribution in [0.2, 0.25) is 0 Å². The van der Waals surface area contributed by atoms with Crippen LogP contribution >= 0.6 is 0 Å². The van der Waals surface area contributed by atoms with Gasteiger partial charge in [-0.2, -0.15) is 0 Å². The number of hydrogen-bond donors (Lipinski definition) is 1. The molecule has 3 amide bonds. The van der Waals surface area contributed by atoms with Crippen LogP contribution in [-0.2, 0) is 4.74 Å². The second kappa shape index (κ2) is 6.25. The predicted octanol–water partition coefficient (Wildman–Crippen LogP) is 1.48. The number of hydrogen-bond acceptors (Lipinski definition) is 6. The Morgan fingerprint density at radius 3 is 2.67 bits per heavy atom. The summed E-state index contributed by atoms with van der Waals surface area (Å²) in [6, 6.07) is 5.95. The number of imide groups is 1. The van der Waals surface area contributed by atoms with Crippen LogP contribution in [0.3, 0.4) is 0 Å². The lowest BCUT2D eigenvalue weighted by Gasteiger charge is -2.12. The first kappa shape index (κ1) is 15.9. The number of aryl methyl sites for hydroxylation is 1. The summed E-state index contributed by atoms with van der Waals surface area (Å²) in [6.07, 6.45) is 0. The topological polar surface area (TPSA) is 102 Å². The van der Waals surface area contributed by atoms with Crippen molar-refractivity contribution in [3.8, 4) is 0 Å². The SMILES string of the molecule is COCCN1C(=O)c2ccc(C(=O)Nc3cc(C)on3)cc2C1=O. The van der Waals surface area contributed by atoms with Crippen molar-refractivity contribution in [2.45, 2.75) is 6.92 Å². The third-order valence-electron chi connectivity index (χ3n) is 3.62. The fraction of sp³-hybridized carbons (Fsp3) is 0.250. The van der Waals surface area contributed by atoms with Crippen molar-refractivity contribution in [1.29, 1.82) is 0 Å². The van der Waals surface area contributed by atoms with Gasteiger partial charge in [-0.25, -0.2) is 0 Å². The summed E-state index contributed by atoms with van der Waals surface area (Å²) in [5.41, 5.74) is 0.745. The lowest BCUT2D eigenvalue weighted by Crippen LogP contribution is -2.32. The standard InChI is InChI=1S/C16H15N3O5/c1-9-7-13(18-24-9)17-14(20)10-3-4-11-12(8-10)16(22)19(15(11)21)5-6-23-2/h3-4,7-8H,5-6H2,1-2H3,(H,17,18,20). The maximum atomic E-state index is 12.3. The molecule has 8 nitrogen and oxygen atoms in total. The van der Waals surface area contributed by atoms with E-state index in [1.807, 2.05) is 0 Å². The van der Waals surface area contributed by atoms with Crippen molar-refractivity contribution in [1.82, 2.24) is 10.1 Å². The summed E-state index contributed by atoms with van der Waals surface area (Å²) < 4.78 is 9.78. The quantitative estimate of drug-likeness (QED) is 0.834. The number of nitrogens with zero attached hydrogens (tertiary/aromatic N) is 2. The Hall–Kier alpha value is -3.00. The molecule has 1 aromatic heterocycles. The monoisotopic (exact) mass is 329 g/mol. The average molecular weight is 329 g/mol. The summed E-state index contributed by atoms with van der Waals surface area (Å²) in [5.74, 6) is -0.414. The number of anilines is 1. The number of ether oxygens (including phenoxy) is 1. The van der Waals surface area contributed by atoms with Crippen LogP contribution in [0.4, 0.5) is 5.82 Å². The van der Waals surface area contributed by atoms with E-state index in [0.29, 0.717) is 5.76 Å². The first-order valence-electron chi connectivity index (χ1n) is 7.25. The predicted molar refractivity (Wildman–Crippen MR) is 82.9 cm³/mol. The Labute approximate surface area is 137 Å². The number of amides is 3. The van der Waals surface area contributed by atoms with Gasteiger partial charge >= 0.3 is 0 Å². The van der Waals surface area contributed by atoms with Crippen molar-refractivity contribution >= 4 is 23.5 Å². The molecular formula is C16H15N3O5. The molecule has 0 saturated carbocycles. The number of carbonyl (C=O) groups is 3.